The molecule has 0 atom stereocenters. The number of aryl methyl sites for hydroxylation is 1. The molecule has 0 aliphatic carbocycles. The van der Waals surface area contributed by atoms with Crippen LogP contribution in [0.4, 0.5) is 0 Å². The quantitative estimate of drug-likeness (QED) is 0.844. The van der Waals surface area contributed by atoms with Crippen molar-refractivity contribution in [3.63, 3.8) is 0 Å². The summed E-state index contributed by atoms with van der Waals surface area (Å²) in [7, 11) is 0. The predicted octanol–water partition coefficient (Wildman–Crippen LogP) is 1.72. The smallest absolute Gasteiger partial charge is 0.307 e. The minimum atomic E-state index is -0.934. The minimum absolute atomic E-state index is 0.133. The Hall–Kier alpha value is -2.10. The second-order valence-electron chi connectivity index (χ2n) is 3.96. The van der Waals surface area contributed by atoms with Crippen LogP contribution in [0.1, 0.15) is 18.1 Å². The van der Waals surface area contributed by atoms with Crippen molar-refractivity contribution in [2.75, 3.05) is 0 Å². The van der Waals surface area contributed by atoms with Gasteiger partial charge >= 0.3 is 5.97 Å². The fraction of sp³-hybridized carbons (Fsp3) is 0.231. The minimum Gasteiger partial charge on any atom is -0.481 e. The van der Waals surface area contributed by atoms with Gasteiger partial charge in [-0.2, -0.15) is 0 Å². The molecule has 0 fully saturated rings. The number of hydrogen-bond acceptors (Lipinski definition) is 2. The molecule has 0 aliphatic rings. The summed E-state index contributed by atoms with van der Waals surface area (Å²) in [5.41, 5.74) is 2.11. The van der Waals surface area contributed by atoms with Gasteiger partial charge in [-0.1, -0.05) is 19.1 Å². The van der Waals surface area contributed by atoms with E-state index in [0.717, 1.165) is 17.4 Å². The number of rotatable bonds is 3. The molecule has 1 heterocycles. The van der Waals surface area contributed by atoms with Gasteiger partial charge in [0.05, 0.1) is 6.42 Å². The Morgan fingerprint density at radius 1 is 1.35 bits per heavy atom. The molecule has 4 nitrogen and oxygen atoms in total. The summed E-state index contributed by atoms with van der Waals surface area (Å²) in [6.45, 7) is 2.03. The number of aromatic nitrogens is 1. The number of carbonyl (C=O) groups is 1. The van der Waals surface area contributed by atoms with E-state index in [0.29, 0.717) is 11.1 Å². The van der Waals surface area contributed by atoms with Crippen LogP contribution in [0.2, 0.25) is 0 Å². The van der Waals surface area contributed by atoms with Crippen LogP contribution in [-0.2, 0) is 17.6 Å². The highest BCUT2D eigenvalue weighted by atomic mass is 16.4. The van der Waals surface area contributed by atoms with E-state index < -0.39 is 5.97 Å². The first-order valence-corrected chi connectivity index (χ1v) is 5.47. The first-order chi connectivity index (χ1) is 8.10. The fourth-order valence-corrected chi connectivity index (χ4v) is 1.91. The molecule has 17 heavy (non-hydrogen) atoms. The summed E-state index contributed by atoms with van der Waals surface area (Å²) in [5, 5.41) is 9.60. The lowest BCUT2D eigenvalue weighted by Gasteiger charge is -2.05. The molecule has 0 radical (unpaired) electrons. The van der Waals surface area contributed by atoms with Gasteiger partial charge in [0, 0.05) is 17.0 Å². The van der Waals surface area contributed by atoms with E-state index in [1.165, 1.54) is 6.07 Å². The average Bonchev–Trinajstić information content (AvgIpc) is 2.27. The molecule has 1 aromatic carbocycles. The van der Waals surface area contributed by atoms with Crippen LogP contribution in [0.5, 0.6) is 0 Å². The average molecular weight is 231 g/mol. The Balaban J connectivity index is 2.67. The normalized spacial score (nSPS) is 10.6. The highest BCUT2D eigenvalue weighted by Gasteiger charge is 2.07. The zero-order chi connectivity index (χ0) is 12.4. The second kappa shape index (κ2) is 4.41. The highest BCUT2D eigenvalue weighted by Crippen LogP contribution is 2.17. The number of benzene rings is 1. The summed E-state index contributed by atoms with van der Waals surface area (Å²) in [5.74, 6) is -0.934. The standard InChI is InChI=1S/C13H13NO3/c1-2-8-3-4-10-9(7-13(16)17)6-12(15)14-11(10)5-8/h3-6H,2,7H2,1H3,(H,14,15)(H,16,17). The molecule has 0 bridgehead atoms. The molecular weight excluding hydrogens is 218 g/mol. The van der Waals surface area contributed by atoms with Crippen molar-refractivity contribution < 1.29 is 9.90 Å². The lowest BCUT2D eigenvalue weighted by molar-refractivity contribution is -0.136. The maximum absolute atomic E-state index is 11.4. The van der Waals surface area contributed by atoms with E-state index in [2.05, 4.69) is 4.98 Å². The highest BCUT2D eigenvalue weighted by molar-refractivity contribution is 5.86. The Labute approximate surface area is 97.9 Å². The molecule has 0 spiro atoms. The first-order valence-electron chi connectivity index (χ1n) is 5.47. The number of H-pyrrole nitrogens is 1. The molecule has 2 N–H and O–H groups in total. The van der Waals surface area contributed by atoms with E-state index in [1.54, 1.807) is 0 Å². The van der Waals surface area contributed by atoms with Crippen molar-refractivity contribution in [1.29, 1.82) is 0 Å². The van der Waals surface area contributed by atoms with Gasteiger partial charge in [0.1, 0.15) is 0 Å². The molecule has 2 rings (SSSR count). The molecule has 0 unspecified atom stereocenters. The van der Waals surface area contributed by atoms with Crippen molar-refractivity contribution in [3.8, 4) is 0 Å². The maximum atomic E-state index is 11.4. The van der Waals surface area contributed by atoms with Gasteiger partial charge in [0.25, 0.3) is 0 Å². The molecule has 1 aromatic heterocycles. The summed E-state index contributed by atoms with van der Waals surface area (Å²) in [4.78, 5) is 24.9. The maximum Gasteiger partial charge on any atom is 0.307 e. The van der Waals surface area contributed by atoms with Gasteiger partial charge in [-0.3, -0.25) is 9.59 Å². The van der Waals surface area contributed by atoms with Crippen molar-refractivity contribution in [3.05, 3.63) is 45.7 Å². The van der Waals surface area contributed by atoms with E-state index >= 15 is 0 Å². The van der Waals surface area contributed by atoms with Gasteiger partial charge in [-0.25, -0.2) is 0 Å². The Morgan fingerprint density at radius 2 is 2.12 bits per heavy atom. The molecule has 88 valence electrons. The van der Waals surface area contributed by atoms with Crippen molar-refractivity contribution >= 4 is 16.9 Å². The van der Waals surface area contributed by atoms with E-state index in [-0.39, 0.29) is 12.0 Å². The summed E-state index contributed by atoms with van der Waals surface area (Å²) in [6, 6.07) is 7.05. The number of pyridine rings is 1. The van der Waals surface area contributed by atoms with E-state index in [4.69, 9.17) is 5.11 Å². The van der Waals surface area contributed by atoms with E-state index in [1.807, 2.05) is 25.1 Å². The van der Waals surface area contributed by atoms with Gasteiger partial charge in [-0.05, 0) is 23.6 Å². The molecule has 2 aromatic rings. The summed E-state index contributed by atoms with van der Waals surface area (Å²) in [6.07, 6.45) is 0.743. The summed E-state index contributed by atoms with van der Waals surface area (Å²) >= 11 is 0. The topological polar surface area (TPSA) is 70.2 Å². The predicted molar refractivity (Wildman–Crippen MR) is 65.3 cm³/mol. The number of fused-ring (bicyclic) bond motifs is 1. The zero-order valence-electron chi connectivity index (χ0n) is 9.49. The Bertz CT molecular complexity index is 628. The third-order valence-electron chi connectivity index (χ3n) is 2.74. The third kappa shape index (κ3) is 2.36. The van der Waals surface area contributed by atoms with Crippen molar-refractivity contribution in [2.24, 2.45) is 0 Å². The van der Waals surface area contributed by atoms with E-state index in [9.17, 15) is 9.59 Å². The van der Waals surface area contributed by atoms with Crippen LogP contribution in [0.3, 0.4) is 0 Å². The molecule has 0 aliphatic heterocycles. The lowest BCUT2D eigenvalue weighted by atomic mass is 10.0. The number of carboxylic acid groups (broad SMARTS) is 1. The molecule has 0 amide bonds. The number of aliphatic carboxylic acids is 1. The van der Waals surface area contributed by atoms with Crippen LogP contribution >= 0.6 is 0 Å². The number of nitrogens with one attached hydrogen (secondary N) is 1. The van der Waals surface area contributed by atoms with Gasteiger partial charge in [0.2, 0.25) is 5.56 Å². The van der Waals surface area contributed by atoms with Gasteiger partial charge in [-0.15, -0.1) is 0 Å². The second-order valence-corrected chi connectivity index (χ2v) is 3.96. The first kappa shape index (κ1) is 11.4. The fourth-order valence-electron chi connectivity index (χ4n) is 1.91. The van der Waals surface area contributed by atoms with Crippen molar-refractivity contribution in [2.45, 2.75) is 19.8 Å². The summed E-state index contributed by atoms with van der Waals surface area (Å²) < 4.78 is 0. The zero-order valence-corrected chi connectivity index (χ0v) is 9.49. The Kier molecular flexibility index (Phi) is 2.95. The molecular formula is C13H13NO3. The van der Waals surface area contributed by atoms with Gasteiger partial charge in [0.15, 0.2) is 0 Å². The molecule has 0 saturated heterocycles. The van der Waals surface area contributed by atoms with Crippen LogP contribution in [-0.4, -0.2) is 16.1 Å². The van der Waals surface area contributed by atoms with Crippen LogP contribution in [0.15, 0.2) is 29.1 Å². The van der Waals surface area contributed by atoms with Crippen LogP contribution < -0.4 is 5.56 Å². The SMILES string of the molecule is CCc1ccc2c(CC(=O)O)cc(=O)[nH]c2c1. The Morgan fingerprint density at radius 3 is 2.76 bits per heavy atom. The van der Waals surface area contributed by atoms with Crippen LogP contribution in [0.25, 0.3) is 10.9 Å². The van der Waals surface area contributed by atoms with Crippen molar-refractivity contribution in [1.82, 2.24) is 4.98 Å². The number of hydrogen-bond donors (Lipinski definition) is 2. The molecule has 4 heteroatoms. The molecule has 0 saturated carbocycles. The largest absolute Gasteiger partial charge is 0.481 e. The monoisotopic (exact) mass is 231 g/mol. The third-order valence-corrected chi connectivity index (χ3v) is 2.74. The van der Waals surface area contributed by atoms with Crippen LogP contribution in [0, 0.1) is 0 Å². The number of aromatic amines is 1. The lowest BCUT2D eigenvalue weighted by Crippen LogP contribution is -2.10. The van der Waals surface area contributed by atoms with Gasteiger partial charge < -0.3 is 10.1 Å². The number of carboxylic acids is 1.